The molecule has 0 aliphatic carbocycles. The molecule has 0 radical (unpaired) electrons. The Bertz CT molecular complexity index is 147. The Labute approximate surface area is 88.0 Å². The van der Waals surface area contributed by atoms with Crippen molar-refractivity contribution >= 4 is 0 Å². The van der Waals surface area contributed by atoms with Crippen LogP contribution in [0.15, 0.2) is 0 Å². The van der Waals surface area contributed by atoms with Gasteiger partial charge >= 0.3 is 0 Å². The van der Waals surface area contributed by atoms with Crippen molar-refractivity contribution < 1.29 is 0 Å². The van der Waals surface area contributed by atoms with Crippen LogP contribution < -0.4 is 11.1 Å². The third-order valence-electron chi connectivity index (χ3n) is 3.05. The fourth-order valence-electron chi connectivity index (χ4n) is 2.13. The van der Waals surface area contributed by atoms with Gasteiger partial charge in [-0.2, -0.15) is 0 Å². The number of hydrogen-bond acceptors (Lipinski definition) is 3. The van der Waals surface area contributed by atoms with Crippen LogP contribution in [0.1, 0.15) is 33.1 Å². The Morgan fingerprint density at radius 2 is 2.29 bits per heavy atom. The van der Waals surface area contributed by atoms with Gasteiger partial charge in [-0.05, 0) is 19.9 Å². The second-order valence-corrected chi connectivity index (χ2v) is 4.37. The molecule has 0 saturated carbocycles. The molecule has 1 heterocycles. The second kappa shape index (κ2) is 6.38. The molecule has 1 saturated heterocycles. The van der Waals surface area contributed by atoms with Gasteiger partial charge in [0.1, 0.15) is 0 Å². The number of rotatable bonds is 5. The summed E-state index contributed by atoms with van der Waals surface area (Å²) in [6.45, 7) is 8.93. The van der Waals surface area contributed by atoms with E-state index in [2.05, 4.69) is 24.1 Å². The molecule has 2 atom stereocenters. The molecule has 1 aliphatic heterocycles. The lowest BCUT2D eigenvalue weighted by molar-refractivity contribution is 0.141. The lowest BCUT2D eigenvalue weighted by Gasteiger charge is -2.38. The number of piperazine rings is 1. The van der Waals surface area contributed by atoms with Gasteiger partial charge in [-0.15, -0.1) is 0 Å². The molecule has 2 unspecified atom stereocenters. The first kappa shape index (κ1) is 12.0. The summed E-state index contributed by atoms with van der Waals surface area (Å²) < 4.78 is 0. The van der Waals surface area contributed by atoms with Crippen LogP contribution in [0, 0.1) is 0 Å². The van der Waals surface area contributed by atoms with Crippen molar-refractivity contribution in [1.82, 2.24) is 10.2 Å². The van der Waals surface area contributed by atoms with Gasteiger partial charge in [-0.1, -0.05) is 19.8 Å². The maximum Gasteiger partial charge on any atom is 0.0369 e. The average molecular weight is 199 g/mol. The molecule has 0 aromatic rings. The molecule has 3 heteroatoms. The van der Waals surface area contributed by atoms with Gasteiger partial charge in [0.05, 0.1) is 0 Å². The van der Waals surface area contributed by atoms with Crippen LogP contribution >= 0.6 is 0 Å². The Morgan fingerprint density at radius 1 is 1.50 bits per heavy atom. The van der Waals surface area contributed by atoms with Crippen molar-refractivity contribution in [3.63, 3.8) is 0 Å². The highest BCUT2D eigenvalue weighted by molar-refractivity contribution is 4.85. The number of nitrogens with zero attached hydrogens (tertiary/aromatic N) is 1. The Kier molecular flexibility index (Phi) is 5.45. The normalized spacial score (nSPS) is 26.4. The molecule has 0 aromatic carbocycles. The van der Waals surface area contributed by atoms with Crippen molar-refractivity contribution in [1.29, 1.82) is 0 Å². The fourth-order valence-corrected chi connectivity index (χ4v) is 2.13. The number of hydrogen-bond donors (Lipinski definition) is 2. The summed E-state index contributed by atoms with van der Waals surface area (Å²) in [6, 6.07) is 0.824. The van der Waals surface area contributed by atoms with E-state index in [1.54, 1.807) is 0 Å². The molecule has 1 fully saturated rings. The summed E-state index contributed by atoms with van der Waals surface area (Å²) >= 11 is 0. The van der Waals surface area contributed by atoms with E-state index in [0.29, 0.717) is 6.04 Å². The quantitative estimate of drug-likeness (QED) is 0.644. The van der Waals surface area contributed by atoms with E-state index in [9.17, 15) is 0 Å². The fraction of sp³-hybridized carbons (Fsp3) is 1.00. The highest BCUT2D eigenvalue weighted by Crippen LogP contribution is 2.08. The van der Waals surface area contributed by atoms with Gasteiger partial charge in [0.15, 0.2) is 0 Å². The van der Waals surface area contributed by atoms with Crippen molar-refractivity contribution in [3.8, 4) is 0 Å². The van der Waals surface area contributed by atoms with E-state index in [0.717, 1.165) is 19.6 Å². The van der Waals surface area contributed by atoms with Crippen LogP contribution in [0.3, 0.4) is 0 Å². The Morgan fingerprint density at radius 3 is 2.93 bits per heavy atom. The maximum absolute atomic E-state index is 5.98. The minimum absolute atomic E-state index is 0.282. The van der Waals surface area contributed by atoms with Crippen LogP contribution in [0.4, 0.5) is 0 Å². The molecule has 3 N–H and O–H groups in total. The lowest BCUT2D eigenvalue weighted by Crippen LogP contribution is -2.57. The van der Waals surface area contributed by atoms with Crippen LogP contribution in [-0.2, 0) is 0 Å². The van der Waals surface area contributed by atoms with Crippen molar-refractivity contribution in [2.45, 2.75) is 45.2 Å². The van der Waals surface area contributed by atoms with Crippen LogP contribution in [0.2, 0.25) is 0 Å². The van der Waals surface area contributed by atoms with Gasteiger partial charge in [-0.3, -0.25) is 4.90 Å². The molecule has 14 heavy (non-hydrogen) atoms. The summed E-state index contributed by atoms with van der Waals surface area (Å²) in [4.78, 5) is 2.55. The molecule has 1 aliphatic rings. The third kappa shape index (κ3) is 3.56. The highest BCUT2D eigenvalue weighted by Gasteiger charge is 2.24. The van der Waals surface area contributed by atoms with Crippen LogP contribution in [-0.4, -0.2) is 43.2 Å². The van der Waals surface area contributed by atoms with Crippen LogP contribution in [0.5, 0.6) is 0 Å². The second-order valence-electron chi connectivity index (χ2n) is 4.37. The topological polar surface area (TPSA) is 41.3 Å². The molecular weight excluding hydrogens is 174 g/mol. The summed E-state index contributed by atoms with van der Waals surface area (Å²) in [5.74, 6) is 0. The van der Waals surface area contributed by atoms with E-state index in [1.807, 2.05) is 0 Å². The van der Waals surface area contributed by atoms with E-state index in [4.69, 9.17) is 5.73 Å². The maximum atomic E-state index is 5.98. The largest absolute Gasteiger partial charge is 0.326 e. The molecule has 0 bridgehead atoms. The zero-order valence-electron chi connectivity index (χ0n) is 9.63. The van der Waals surface area contributed by atoms with E-state index < -0.39 is 0 Å². The molecule has 0 amide bonds. The minimum atomic E-state index is 0.282. The molecule has 1 rings (SSSR count). The molecule has 3 nitrogen and oxygen atoms in total. The summed E-state index contributed by atoms with van der Waals surface area (Å²) in [5.41, 5.74) is 5.98. The van der Waals surface area contributed by atoms with E-state index >= 15 is 0 Å². The van der Waals surface area contributed by atoms with Gasteiger partial charge in [0, 0.05) is 31.7 Å². The van der Waals surface area contributed by atoms with Gasteiger partial charge in [0.25, 0.3) is 0 Å². The molecule has 84 valence electrons. The van der Waals surface area contributed by atoms with Crippen molar-refractivity contribution in [2.75, 3.05) is 26.2 Å². The summed E-state index contributed by atoms with van der Waals surface area (Å²) in [5, 5.41) is 3.41. The van der Waals surface area contributed by atoms with Crippen molar-refractivity contribution in [3.05, 3.63) is 0 Å². The number of nitrogens with two attached hydrogens (primary N) is 1. The van der Waals surface area contributed by atoms with Gasteiger partial charge in [-0.25, -0.2) is 0 Å². The van der Waals surface area contributed by atoms with Crippen LogP contribution in [0.25, 0.3) is 0 Å². The molecular formula is C11H25N3. The molecule has 0 aromatic heterocycles. The zero-order valence-corrected chi connectivity index (χ0v) is 9.63. The first-order chi connectivity index (χ1) is 6.75. The third-order valence-corrected chi connectivity index (χ3v) is 3.05. The van der Waals surface area contributed by atoms with Crippen molar-refractivity contribution in [2.24, 2.45) is 5.73 Å². The van der Waals surface area contributed by atoms with E-state index in [1.165, 1.54) is 25.8 Å². The first-order valence-corrected chi connectivity index (χ1v) is 5.96. The SMILES string of the molecule is CCCCCN1CCNCC1C(C)N. The Hall–Kier alpha value is -0.120. The van der Waals surface area contributed by atoms with E-state index in [-0.39, 0.29) is 6.04 Å². The monoisotopic (exact) mass is 199 g/mol. The van der Waals surface area contributed by atoms with Gasteiger partial charge in [0.2, 0.25) is 0 Å². The molecule has 0 spiro atoms. The standard InChI is InChI=1S/C11H25N3/c1-3-4-5-7-14-8-6-13-9-11(14)10(2)12/h10-11,13H,3-9,12H2,1-2H3. The summed E-state index contributed by atoms with van der Waals surface area (Å²) in [7, 11) is 0. The highest BCUT2D eigenvalue weighted by atomic mass is 15.2. The van der Waals surface area contributed by atoms with Gasteiger partial charge < -0.3 is 11.1 Å². The summed E-state index contributed by atoms with van der Waals surface area (Å²) in [6.07, 6.45) is 3.96. The zero-order chi connectivity index (χ0) is 10.4. The predicted molar refractivity (Wildman–Crippen MR) is 61.4 cm³/mol. The average Bonchev–Trinajstić information content (AvgIpc) is 2.19. The smallest absolute Gasteiger partial charge is 0.0369 e. The minimum Gasteiger partial charge on any atom is -0.326 e. The lowest BCUT2D eigenvalue weighted by atomic mass is 10.1. The first-order valence-electron chi connectivity index (χ1n) is 5.96. The number of nitrogens with one attached hydrogen (secondary N) is 1. The number of unbranched alkanes of at least 4 members (excludes halogenated alkanes) is 2. The Balaban J connectivity index is 2.30. The predicted octanol–water partition coefficient (Wildman–Crippen LogP) is 0.798.